The van der Waals surface area contributed by atoms with Crippen LogP contribution in [0.5, 0.6) is 23.0 Å². The topological polar surface area (TPSA) is 36.9 Å². The summed E-state index contributed by atoms with van der Waals surface area (Å²) >= 11 is 4.47. The maximum Gasteiger partial charge on any atom is 0.231 e. The van der Waals surface area contributed by atoms with Crippen molar-refractivity contribution in [3.63, 3.8) is 0 Å². The van der Waals surface area contributed by atoms with Crippen molar-refractivity contribution in [2.75, 3.05) is 13.9 Å². The van der Waals surface area contributed by atoms with Gasteiger partial charge in [-0.3, -0.25) is 0 Å². The molecule has 0 amide bonds. The van der Waals surface area contributed by atoms with Crippen LogP contribution in [0.3, 0.4) is 0 Å². The summed E-state index contributed by atoms with van der Waals surface area (Å²) in [4.78, 5) is 0.808. The monoisotopic (exact) mass is 372 g/mol. The number of ether oxygens (including phenoxy) is 4. The second-order valence-electron chi connectivity index (χ2n) is 7.27. The molecule has 0 fully saturated rings. The van der Waals surface area contributed by atoms with E-state index in [0.717, 1.165) is 40.7 Å². The third kappa shape index (κ3) is 3.20. The summed E-state index contributed by atoms with van der Waals surface area (Å²) < 4.78 is 22.6. The van der Waals surface area contributed by atoms with Crippen molar-refractivity contribution in [3.8, 4) is 23.0 Å². The molecule has 0 aromatic heterocycles. The summed E-state index contributed by atoms with van der Waals surface area (Å²) in [7, 11) is 1.67. The summed E-state index contributed by atoms with van der Waals surface area (Å²) in [6.07, 6.45) is 2.01. The Kier molecular flexibility index (Phi) is 4.65. The molecule has 2 aliphatic rings. The van der Waals surface area contributed by atoms with Crippen LogP contribution >= 0.6 is 12.6 Å². The third-order valence-electron chi connectivity index (χ3n) is 5.25. The predicted octanol–water partition coefficient (Wildman–Crippen LogP) is 4.85. The first-order valence-electron chi connectivity index (χ1n) is 9.01. The number of hydrogen-bond acceptors (Lipinski definition) is 5. The number of thiol groups is 1. The predicted molar refractivity (Wildman–Crippen MR) is 103 cm³/mol. The maximum atomic E-state index is 6.22. The highest BCUT2D eigenvalue weighted by Gasteiger charge is 2.29. The van der Waals surface area contributed by atoms with E-state index in [1.54, 1.807) is 7.11 Å². The lowest BCUT2D eigenvalue weighted by molar-refractivity contribution is 0.173. The van der Waals surface area contributed by atoms with Gasteiger partial charge in [0.05, 0.1) is 7.11 Å². The van der Waals surface area contributed by atoms with E-state index in [-0.39, 0.29) is 6.10 Å². The Balaban J connectivity index is 1.53. The second kappa shape index (κ2) is 6.95. The van der Waals surface area contributed by atoms with E-state index in [1.807, 2.05) is 18.2 Å². The molecule has 2 aromatic carbocycles. The molecule has 2 heterocycles. The average molecular weight is 372 g/mol. The zero-order valence-electron chi connectivity index (χ0n) is 15.3. The van der Waals surface area contributed by atoms with E-state index in [1.165, 1.54) is 11.1 Å². The van der Waals surface area contributed by atoms with Crippen LogP contribution in [0.15, 0.2) is 35.2 Å². The quantitative estimate of drug-likeness (QED) is 0.762. The molecule has 26 heavy (non-hydrogen) atoms. The molecule has 2 aromatic rings. The second-order valence-corrected chi connectivity index (χ2v) is 7.76. The molecule has 0 saturated heterocycles. The van der Waals surface area contributed by atoms with Gasteiger partial charge in [-0.25, -0.2) is 0 Å². The van der Waals surface area contributed by atoms with Crippen LogP contribution in [0, 0.1) is 5.92 Å². The van der Waals surface area contributed by atoms with Crippen LogP contribution in [0.2, 0.25) is 0 Å². The van der Waals surface area contributed by atoms with E-state index in [0.29, 0.717) is 18.6 Å². The summed E-state index contributed by atoms with van der Waals surface area (Å²) in [5.74, 6) is 4.28. The Labute approximate surface area is 159 Å². The van der Waals surface area contributed by atoms with Crippen molar-refractivity contribution < 1.29 is 18.9 Å². The zero-order valence-corrected chi connectivity index (χ0v) is 16.2. The van der Waals surface area contributed by atoms with Crippen LogP contribution < -0.4 is 18.9 Å². The largest absolute Gasteiger partial charge is 0.496 e. The van der Waals surface area contributed by atoms with Gasteiger partial charge in [0.1, 0.15) is 17.6 Å². The number of fused-ring (bicyclic) bond motifs is 2. The third-order valence-corrected chi connectivity index (χ3v) is 5.60. The first-order valence-corrected chi connectivity index (χ1v) is 9.46. The molecule has 4 rings (SSSR count). The lowest BCUT2D eigenvalue weighted by Crippen LogP contribution is -2.20. The minimum Gasteiger partial charge on any atom is -0.496 e. The normalized spacial score (nSPS) is 18.6. The smallest absolute Gasteiger partial charge is 0.231 e. The molecular formula is C21H24O4S. The van der Waals surface area contributed by atoms with Gasteiger partial charge >= 0.3 is 0 Å². The fraction of sp³-hybridized carbons (Fsp3) is 0.429. The molecule has 2 atom stereocenters. The SMILES string of the molecule is COc1cc2c(cc1S)OC(C[C@H](c1ccc3c(c1)OCO3)C(C)C)C2. The summed E-state index contributed by atoms with van der Waals surface area (Å²) in [5, 5.41) is 0. The average Bonchev–Trinajstić information content (AvgIpc) is 3.23. The highest BCUT2D eigenvalue weighted by Crippen LogP contribution is 2.42. The number of rotatable bonds is 5. The Morgan fingerprint density at radius 3 is 2.69 bits per heavy atom. The number of benzene rings is 2. The van der Waals surface area contributed by atoms with E-state index >= 15 is 0 Å². The summed E-state index contributed by atoms with van der Waals surface area (Å²) in [5.41, 5.74) is 2.47. The van der Waals surface area contributed by atoms with Gasteiger partial charge in [-0.2, -0.15) is 0 Å². The van der Waals surface area contributed by atoms with Gasteiger partial charge in [0.25, 0.3) is 0 Å². The van der Waals surface area contributed by atoms with Crippen LogP contribution in [0.1, 0.15) is 37.3 Å². The molecule has 0 bridgehead atoms. The summed E-state index contributed by atoms with van der Waals surface area (Å²) in [6, 6.07) is 10.3. The lowest BCUT2D eigenvalue weighted by Gasteiger charge is -2.24. The number of hydrogen-bond donors (Lipinski definition) is 1. The van der Waals surface area contributed by atoms with Crippen LogP contribution in [-0.2, 0) is 6.42 Å². The minimum absolute atomic E-state index is 0.155. The van der Waals surface area contributed by atoms with Gasteiger partial charge in [-0.1, -0.05) is 19.9 Å². The van der Waals surface area contributed by atoms with Gasteiger partial charge in [-0.05, 0) is 48.1 Å². The highest BCUT2D eigenvalue weighted by atomic mass is 32.1. The molecule has 0 aliphatic carbocycles. The molecule has 0 N–H and O–H groups in total. The van der Waals surface area contributed by atoms with E-state index in [2.05, 4.69) is 38.6 Å². The van der Waals surface area contributed by atoms with Crippen molar-refractivity contribution in [1.82, 2.24) is 0 Å². The molecule has 138 valence electrons. The van der Waals surface area contributed by atoms with Gasteiger partial charge in [0.15, 0.2) is 11.5 Å². The Bertz CT molecular complexity index is 818. The van der Waals surface area contributed by atoms with Crippen molar-refractivity contribution in [2.24, 2.45) is 5.92 Å². The van der Waals surface area contributed by atoms with Crippen LogP contribution in [0.4, 0.5) is 0 Å². The van der Waals surface area contributed by atoms with Gasteiger partial charge in [0, 0.05) is 16.9 Å². The molecule has 0 spiro atoms. The van der Waals surface area contributed by atoms with Crippen LogP contribution in [-0.4, -0.2) is 20.0 Å². The first-order chi connectivity index (χ1) is 12.5. The molecule has 1 unspecified atom stereocenters. The van der Waals surface area contributed by atoms with Gasteiger partial charge in [0.2, 0.25) is 6.79 Å². The fourth-order valence-electron chi connectivity index (χ4n) is 3.84. The summed E-state index contributed by atoms with van der Waals surface area (Å²) in [6.45, 7) is 4.82. The standard InChI is InChI=1S/C21H24O4S/c1-12(2)16(13-4-5-17-19(7-13)24-11-23-17)9-15-6-14-8-20(22-3)21(26)10-18(14)25-15/h4-5,7-8,10,12,15-16,26H,6,9,11H2,1-3H3/t15?,16-/m0/s1. The number of methoxy groups -OCH3 is 1. The van der Waals surface area contributed by atoms with Crippen molar-refractivity contribution >= 4 is 12.6 Å². The molecule has 0 saturated carbocycles. The van der Waals surface area contributed by atoms with E-state index in [9.17, 15) is 0 Å². The zero-order chi connectivity index (χ0) is 18.3. The first kappa shape index (κ1) is 17.4. The Morgan fingerprint density at radius 2 is 1.92 bits per heavy atom. The molecule has 2 aliphatic heterocycles. The fourth-order valence-corrected chi connectivity index (χ4v) is 4.12. The van der Waals surface area contributed by atoms with Gasteiger partial charge in [-0.15, -0.1) is 12.6 Å². The Hall–Kier alpha value is -2.01. The van der Waals surface area contributed by atoms with E-state index < -0.39 is 0 Å². The molecule has 4 nitrogen and oxygen atoms in total. The molecular weight excluding hydrogens is 348 g/mol. The van der Waals surface area contributed by atoms with E-state index in [4.69, 9.17) is 18.9 Å². The van der Waals surface area contributed by atoms with Gasteiger partial charge < -0.3 is 18.9 Å². The van der Waals surface area contributed by atoms with Crippen LogP contribution in [0.25, 0.3) is 0 Å². The maximum absolute atomic E-state index is 6.22. The highest BCUT2D eigenvalue weighted by molar-refractivity contribution is 7.80. The van der Waals surface area contributed by atoms with Crippen molar-refractivity contribution in [2.45, 2.75) is 43.6 Å². The molecule has 5 heteroatoms. The minimum atomic E-state index is 0.155. The van der Waals surface area contributed by atoms with Crippen molar-refractivity contribution in [1.29, 1.82) is 0 Å². The lowest BCUT2D eigenvalue weighted by atomic mass is 9.83. The van der Waals surface area contributed by atoms with Crippen molar-refractivity contribution in [3.05, 3.63) is 41.5 Å². The Morgan fingerprint density at radius 1 is 1.12 bits per heavy atom. The molecule has 0 radical (unpaired) electrons.